The average molecular weight is 532 g/mol. The summed E-state index contributed by atoms with van der Waals surface area (Å²) in [6.45, 7) is 11.2. The number of ether oxygens (including phenoxy) is 1. The first kappa shape index (κ1) is 26.5. The molecule has 0 aliphatic carbocycles. The number of allylic oxidation sites excluding steroid dienone is 1. The number of piperidine rings is 1. The highest BCUT2D eigenvalue weighted by atomic mass is 19.4. The number of halogens is 4. The quantitative estimate of drug-likeness (QED) is 0.416. The number of likely N-dealkylation sites (tertiary alicyclic amines) is 1. The third kappa shape index (κ3) is 4.65. The van der Waals surface area contributed by atoms with Gasteiger partial charge in [-0.15, -0.1) is 13.2 Å². The molecule has 204 valence electrons. The summed E-state index contributed by atoms with van der Waals surface area (Å²) in [6, 6.07) is 8.01. The Kier molecular flexibility index (Phi) is 6.70. The molecule has 3 aliphatic heterocycles. The Morgan fingerprint density at radius 3 is 2.47 bits per heavy atom. The Balaban J connectivity index is 1.39. The fourth-order valence-corrected chi connectivity index (χ4v) is 6.71. The fraction of sp³-hybridized carbons (Fsp3) is 0.483. The minimum absolute atomic E-state index is 0.0267. The summed E-state index contributed by atoms with van der Waals surface area (Å²) in [5.41, 5.74) is 6.08. The van der Waals surface area contributed by atoms with Gasteiger partial charge in [0.05, 0.1) is 12.1 Å². The third-order valence-corrected chi connectivity index (χ3v) is 8.18. The van der Waals surface area contributed by atoms with Crippen LogP contribution >= 0.6 is 0 Å². The number of hydrogen-bond acceptors (Lipinski definition) is 3. The second kappa shape index (κ2) is 9.59. The molecule has 0 unspecified atom stereocenters. The van der Waals surface area contributed by atoms with Crippen LogP contribution in [0.5, 0.6) is 5.75 Å². The van der Waals surface area contributed by atoms with E-state index in [0.29, 0.717) is 51.1 Å². The maximum absolute atomic E-state index is 13.9. The van der Waals surface area contributed by atoms with Crippen LogP contribution in [0.2, 0.25) is 0 Å². The van der Waals surface area contributed by atoms with Gasteiger partial charge in [0.1, 0.15) is 0 Å². The van der Waals surface area contributed by atoms with Crippen molar-refractivity contribution in [2.45, 2.75) is 71.4 Å². The van der Waals surface area contributed by atoms with E-state index in [1.807, 2.05) is 16.7 Å². The van der Waals surface area contributed by atoms with E-state index in [1.165, 1.54) is 28.3 Å². The number of carbonyl (C=O) groups excluding carboxylic acids is 1. The average Bonchev–Trinajstić information content (AvgIpc) is 2.93. The number of likely N-dealkylation sites (N-methyl/N-ethyl adjacent to an activating group) is 1. The fourth-order valence-electron chi connectivity index (χ4n) is 6.71. The van der Waals surface area contributed by atoms with E-state index >= 15 is 0 Å². The van der Waals surface area contributed by atoms with Crippen molar-refractivity contribution in [3.8, 4) is 5.75 Å². The van der Waals surface area contributed by atoms with E-state index in [2.05, 4.69) is 48.6 Å². The van der Waals surface area contributed by atoms with Gasteiger partial charge in [0.15, 0.2) is 11.6 Å². The lowest BCUT2D eigenvalue weighted by Crippen LogP contribution is -2.53. The van der Waals surface area contributed by atoms with Crippen LogP contribution in [0.1, 0.15) is 60.4 Å². The molecule has 1 atom stereocenters. The van der Waals surface area contributed by atoms with Gasteiger partial charge in [0.25, 0.3) is 0 Å². The molecule has 1 spiro atoms. The van der Waals surface area contributed by atoms with E-state index < -0.39 is 23.5 Å². The standard InChI is InChI=1S/C29H33F4N3O2/c1-5-36-27(37)35-17-22-13-18(2)12-19(3)26(22)20(4)14-25(35)28(36)8-10-34(11-9-28)16-21-6-7-23(30)24(15-21)38-29(31,32)33/h6-7,12-15,20H,5,8-11,16-17H2,1-4H3/t20-/m0/s1. The van der Waals surface area contributed by atoms with Crippen molar-refractivity contribution in [1.82, 2.24) is 14.7 Å². The zero-order valence-electron chi connectivity index (χ0n) is 22.2. The van der Waals surface area contributed by atoms with Gasteiger partial charge in [-0.25, -0.2) is 9.18 Å². The summed E-state index contributed by atoms with van der Waals surface area (Å²) in [5, 5.41) is 0. The van der Waals surface area contributed by atoms with E-state index in [1.54, 1.807) is 0 Å². The van der Waals surface area contributed by atoms with Gasteiger partial charge in [0, 0.05) is 37.8 Å². The predicted octanol–water partition coefficient (Wildman–Crippen LogP) is 6.63. The van der Waals surface area contributed by atoms with Gasteiger partial charge in [-0.1, -0.05) is 36.8 Å². The molecule has 38 heavy (non-hydrogen) atoms. The lowest BCUT2D eigenvalue weighted by molar-refractivity contribution is -0.275. The highest BCUT2D eigenvalue weighted by Gasteiger charge is 2.54. The summed E-state index contributed by atoms with van der Waals surface area (Å²) >= 11 is 0. The molecular weight excluding hydrogens is 498 g/mol. The first-order valence-electron chi connectivity index (χ1n) is 13.1. The van der Waals surface area contributed by atoms with Crippen LogP contribution in [0.3, 0.4) is 0 Å². The van der Waals surface area contributed by atoms with Crippen molar-refractivity contribution >= 4 is 6.03 Å². The minimum Gasteiger partial charge on any atom is -0.403 e. The summed E-state index contributed by atoms with van der Waals surface area (Å²) in [4.78, 5) is 19.8. The first-order valence-corrected chi connectivity index (χ1v) is 13.1. The summed E-state index contributed by atoms with van der Waals surface area (Å²) in [5.74, 6) is -1.70. The second-order valence-electron chi connectivity index (χ2n) is 10.7. The monoisotopic (exact) mass is 531 g/mol. The Labute approximate surface area is 220 Å². The molecule has 2 amide bonds. The van der Waals surface area contributed by atoms with E-state index in [9.17, 15) is 22.4 Å². The number of carbonyl (C=O) groups is 1. The summed E-state index contributed by atoms with van der Waals surface area (Å²) < 4.78 is 55.7. The Morgan fingerprint density at radius 1 is 1.11 bits per heavy atom. The van der Waals surface area contributed by atoms with Gasteiger partial charge in [-0.2, -0.15) is 0 Å². The number of urea groups is 1. The van der Waals surface area contributed by atoms with Crippen LogP contribution in [0.25, 0.3) is 0 Å². The Bertz CT molecular complexity index is 1280. The molecule has 0 aromatic heterocycles. The largest absolute Gasteiger partial charge is 0.573 e. The van der Waals surface area contributed by atoms with Crippen molar-refractivity contribution in [3.63, 3.8) is 0 Å². The number of amides is 2. The Hall–Kier alpha value is -3.07. The number of benzene rings is 2. The zero-order valence-corrected chi connectivity index (χ0v) is 22.2. The van der Waals surface area contributed by atoms with Crippen LogP contribution < -0.4 is 4.74 Å². The smallest absolute Gasteiger partial charge is 0.403 e. The minimum atomic E-state index is -4.96. The number of rotatable bonds is 4. The molecule has 0 bridgehead atoms. The predicted molar refractivity (Wildman–Crippen MR) is 136 cm³/mol. The normalized spacial score (nSPS) is 21.3. The highest BCUT2D eigenvalue weighted by Crippen LogP contribution is 2.47. The topological polar surface area (TPSA) is 36.0 Å². The van der Waals surface area contributed by atoms with Crippen molar-refractivity contribution in [1.29, 1.82) is 0 Å². The van der Waals surface area contributed by atoms with Gasteiger partial charge >= 0.3 is 12.4 Å². The molecule has 2 fully saturated rings. The number of hydrogen-bond donors (Lipinski definition) is 0. The molecule has 3 heterocycles. The molecule has 0 N–H and O–H groups in total. The first-order chi connectivity index (χ1) is 17.9. The van der Waals surface area contributed by atoms with Crippen molar-refractivity contribution in [2.24, 2.45) is 0 Å². The van der Waals surface area contributed by atoms with Gasteiger partial charge < -0.3 is 9.64 Å². The molecule has 2 aromatic carbocycles. The zero-order chi connectivity index (χ0) is 27.4. The molecule has 5 rings (SSSR count). The maximum atomic E-state index is 13.9. The van der Waals surface area contributed by atoms with E-state index in [0.717, 1.165) is 17.8 Å². The molecule has 0 saturated carbocycles. The van der Waals surface area contributed by atoms with Crippen LogP contribution in [-0.4, -0.2) is 52.3 Å². The molecule has 0 radical (unpaired) electrons. The van der Waals surface area contributed by atoms with Crippen LogP contribution in [-0.2, 0) is 13.1 Å². The lowest BCUT2D eigenvalue weighted by atomic mass is 9.81. The SMILES string of the molecule is CCN1C(=O)N2Cc3cc(C)cc(C)c3[C@@H](C)C=C2C12CCN(Cc1ccc(F)c(OC(F)(F)F)c1)CC2. The number of fused-ring (bicyclic) bond motifs is 3. The van der Waals surface area contributed by atoms with E-state index in [-0.39, 0.29) is 11.9 Å². The van der Waals surface area contributed by atoms with Crippen LogP contribution in [0, 0.1) is 19.7 Å². The third-order valence-electron chi connectivity index (χ3n) is 8.18. The molecule has 2 aromatic rings. The van der Waals surface area contributed by atoms with Gasteiger partial charge in [-0.05, 0) is 68.0 Å². The summed E-state index contributed by atoms with van der Waals surface area (Å²) in [6.07, 6.45) is -1.27. The van der Waals surface area contributed by atoms with Crippen LogP contribution in [0.15, 0.2) is 42.1 Å². The Morgan fingerprint density at radius 2 is 1.82 bits per heavy atom. The second-order valence-corrected chi connectivity index (χ2v) is 10.7. The van der Waals surface area contributed by atoms with Gasteiger partial charge in [-0.3, -0.25) is 9.80 Å². The van der Waals surface area contributed by atoms with Crippen LogP contribution in [0.4, 0.5) is 22.4 Å². The highest BCUT2D eigenvalue weighted by molar-refractivity contribution is 5.83. The molecule has 9 heteroatoms. The number of nitrogens with zero attached hydrogens (tertiary/aromatic N) is 3. The van der Waals surface area contributed by atoms with Crippen molar-refractivity contribution < 1.29 is 27.1 Å². The summed E-state index contributed by atoms with van der Waals surface area (Å²) in [7, 11) is 0. The molecule has 3 aliphatic rings. The number of alkyl halides is 3. The van der Waals surface area contributed by atoms with Gasteiger partial charge in [0.2, 0.25) is 0 Å². The molecule has 2 saturated heterocycles. The van der Waals surface area contributed by atoms with Crippen molar-refractivity contribution in [2.75, 3.05) is 19.6 Å². The molecular formula is C29H33F4N3O2. The van der Waals surface area contributed by atoms with Crippen molar-refractivity contribution in [3.05, 3.63) is 75.7 Å². The maximum Gasteiger partial charge on any atom is 0.573 e. The lowest BCUT2D eigenvalue weighted by Gasteiger charge is -2.44. The molecule has 5 nitrogen and oxygen atoms in total. The number of aryl methyl sites for hydroxylation is 2. The van der Waals surface area contributed by atoms with E-state index in [4.69, 9.17) is 0 Å².